The van der Waals surface area contributed by atoms with Gasteiger partial charge in [0.1, 0.15) is 5.54 Å². The Bertz CT molecular complexity index is 185. The zero-order valence-electron chi connectivity index (χ0n) is 6.93. The SMILES string of the molecule is NC(=O)NC1([C]=O)CCCCC1. The number of amides is 2. The predicted molar refractivity (Wildman–Crippen MR) is 44.2 cm³/mol. The highest BCUT2D eigenvalue weighted by Crippen LogP contribution is 2.25. The number of nitrogens with two attached hydrogens (primary N) is 1. The molecule has 1 radical (unpaired) electrons. The summed E-state index contributed by atoms with van der Waals surface area (Å²) >= 11 is 0. The number of primary amides is 1. The smallest absolute Gasteiger partial charge is 0.312 e. The van der Waals surface area contributed by atoms with E-state index in [1.807, 2.05) is 6.29 Å². The Balaban J connectivity index is 2.59. The van der Waals surface area contributed by atoms with Gasteiger partial charge in [0.2, 0.25) is 6.29 Å². The average Bonchev–Trinajstić information content (AvgIpc) is 2.05. The van der Waals surface area contributed by atoms with E-state index >= 15 is 0 Å². The van der Waals surface area contributed by atoms with Crippen LogP contribution in [0.5, 0.6) is 0 Å². The number of hydrogen-bond donors (Lipinski definition) is 2. The molecule has 0 aromatic rings. The van der Waals surface area contributed by atoms with Crippen LogP contribution in [0.4, 0.5) is 4.79 Å². The van der Waals surface area contributed by atoms with E-state index in [-0.39, 0.29) is 0 Å². The lowest BCUT2D eigenvalue weighted by molar-refractivity contribution is 0.231. The molecule has 2 amide bonds. The quantitative estimate of drug-likeness (QED) is 0.630. The van der Waals surface area contributed by atoms with Gasteiger partial charge in [-0.1, -0.05) is 19.3 Å². The largest absolute Gasteiger partial charge is 0.352 e. The first kappa shape index (κ1) is 9.03. The highest BCUT2D eigenvalue weighted by molar-refractivity contribution is 5.79. The zero-order chi connectivity index (χ0) is 9.03. The summed E-state index contributed by atoms with van der Waals surface area (Å²) in [6.45, 7) is 0. The number of nitrogens with one attached hydrogen (secondary N) is 1. The van der Waals surface area contributed by atoms with Crippen LogP contribution in [-0.4, -0.2) is 17.9 Å². The minimum absolute atomic E-state index is 0.639. The van der Waals surface area contributed by atoms with Gasteiger partial charge >= 0.3 is 6.03 Å². The van der Waals surface area contributed by atoms with Crippen molar-refractivity contribution in [3.05, 3.63) is 0 Å². The van der Waals surface area contributed by atoms with Crippen LogP contribution in [0.2, 0.25) is 0 Å². The summed E-state index contributed by atoms with van der Waals surface area (Å²) in [6, 6.07) is -0.639. The standard InChI is InChI=1S/C8H13N2O2/c9-7(12)10-8(6-11)4-2-1-3-5-8/h1-5H2,(H3,9,10,12). The summed E-state index contributed by atoms with van der Waals surface area (Å²) in [6.07, 6.45) is 6.24. The molecule has 1 rings (SSSR count). The lowest BCUT2D eigenvalue weighted by Crippen LogP contribution is -2.52. The molecule has 0 unspecified atom stereocenters. The van der Waals surface area contributed by atoms with E-state index in [1.165, 1.54) is 0 Å². The minimum Gasteiger partial charge on any atom is -0.352 e. The van der Waals surface area contributed by atoms with Crippen LogP contribution in [0.1, 0.15) is 32.1 Å². The van der Waals surface area contributed by atoms with E-state index in [4.69, 9.17) is 5.73 Å². The third-order valence-corrected chi connectivity index (χ3v) is 2.26. The van der Waals surface area contributed by atoms with Gasteiger partial charge in [-0.25, -0.2) is 4.79 Å². The minimum atomic E-state index is -0.788. The normalized spacial score (nSPS) is 21.3. The number of hydrogen-bond acceptors (Lipinski definition) is 2. The molecule has 0 bridgehead atoms. The molecular weight excluding hydrogens is 156 g/mol. The maximum absolute atomic E-state index is 10.6. The van der Waals surface area contributed by atoms with E-state index in [9.17, 15) is 9.59 Å². The van der Waals surface area contributed by atoms with Gasteiger partial charge in [0.25, 0.3) is 0 Å². The summed E-state index contributed by atoms with van der Waals surface area (Å²) < 4.78 is 0. The van der Waals surface area contributed by atoms with Gasteiger partial charge in [-0.15, -0.1) is 0 Å². The highest BCUT2D eigenvalue weighted by atomic mass is 16.2. The molecule has 0 atom stereocenters. The summed E-state index contributed by atoms with van der Waals surface area (Å²) in [7, 11) is 0. The molecule has 3 N–H and O–H groups in total. The lowest BCUT2D eigenvalue weighted by atomic mass is 9.83. The Kier molecular flexibility index (Phi) is 2.68. The van der Waals surface area contributed by atoms with Crippen LogP contribution in [0, 0.1) is 0 Å². The molecular formula is C8H13N2O2. The lowest BCUT2D eigenvalue weighted by Gasteiger charge is -2.31. The molecule has 0 aliphatic heterocycles. The first-order valence-corrected chi connectivity index (χ1v) is 4.15. The van der Waals surface area contributed by atoms with E-state index in [0.29, 0.717) is 12.8 Å². The summed E-state index contributed by atoms with van der Waals surface area (Å²) in [4.78, 5) is 21.2. The molecule has 12 heavy (non-hydrogen) atoms. The van der Waals surface area contributed by atoms with Crippen molar-refractivity contribution >= 4 is 12.3 Å². The van der Waals surface area contributed by atoms with Gasteiger partial charge in [-0.05, 0) is 12.8 Å². The molecule has 0 saturated heterocycles. The molecule has 1 aliphatic rings. The van der Waals surface area contributed by atoms with Crippen LogP contribution in [-0.2, 0) is 4.79 Å². The van der Waals surface area contributed by atoms with E-state index in [1.54, 1.807) is 0 Å². The second-order valence-corrected chi connectivity index (χ2v) is 3.23. The maximum atomic E-state index is 10.6. The molecule has 0 spiro atoms. The first-order chi connectivity index (χ1) is 5.68. The fraction of sp³-hybridized carbons (Fsp3) is 0.750. The van der Waals surface area contributed by atoms with Crippen LogP contribution in [0.3, 0.4) is 0 Å². The fourth-order valence-corrected chi connectivity index (χ4v) is 1.64. The molecule has 1 saturated carbocycles. The predicted octanol–water partition coefficient (Wildman–Crippen LogP) is 0.467. The van der Waals surface area contributed by atoms with Crippen molar-refractivity contribution in [2.45, 2.75) is 37.6 Å². The topological polar surface area (TPSA) is 72.2 Å². The van der Waals surface area contributed by atoms with Crippen LogP contribution in [0.25, 0.3) is 0 Å². The van der Waals surface area contributed by atoms with Crippen molar-refractivity contribution < 1.29 is 9.59 Å². The van der Waals surface area contributed by atoms with Crippen molar-refractivity contribution in [3.63, 3.8) is 0 Å². The first-order valence-electron chi connectivity index (χ1n) is 4.15. The van der Waals surface area contributed by atoms with Gasteiger partial charge in [0.15, 0.2) is 0 Å². The van der Waals surface area contributed by atoms with Gasteiger partial charge in [-0.2, -0.15) is 0 Å². The molecule has 0 heterocycles. The Morgan fingerprint density at radius 1 is 1.33 bits per heavy atom. The van der Waals surface area contributed by atoms with Crippen LogP contribution >= 0.6 is 0 Å². The fourth-order valence-electron chi connectivity index (χ4n) is 1.64. The van der Waals surface area contributed by atoms with Gasteiger partial charge in [-0.3, -0.25) is 4.79 Å². The molecule has 0 aromatic heterocycles. The van der Waals surface area contributed by atoms with E-state index in [0.717, 1.165) is 19.3 Å². The monoisotopic (exact) mass is 169 g/mol. The molecule has 67 valence electrons. The number of carbonyl (C=O) groups is 1. The van der Waals surface area contributed by atoms with Crippen molar-refractivity contribution in [1.82, 2.24) is 5.32 Å². The third kappa shape index (κ3) is 1.96. The summed E-state index contributed by atoms with van der Waals surface area (Å²) in [5, 5.41) is 2.46. The number of rotatable bonds is 2. The maximum Gasteiger partial charge on any atom is 0.312 e. The van der Waals surface area contributed by atoms with Gasteiger partial charge in [0.05, 0.1) is 0 Å². The van der Waals surface area contributed by atoms with Gasteiger partial charge < -0.3 is 11.1 Å². The molecule has 4 nitrogen and oxygen atoms in total. The summed E-state index contributed by atoms with van der Waals surface area (Å²) in [5.74, 6) is 0. The second kappa shape index (κ2) is 3.56. The number of carbonyl (C=O) groups excluding carboxylic acids is 2. The van der Waals surface area contributed by atoms with Crippen molar-refractivity contribution in [3.8, 4) is 0 Å². The zero-order valence-corrected chi connectivity index (χ0v) is 6.93. The van der Waals surface area contributed by atoms with Crippen molar-refractivity contribution in [2.24, 2.45) is 5.73 Å². The Morgan fingerprint density at radius 2 is 1.92 bits per heavy atom. The van der Waals surface area contributed by atoms with Crippen LogP contribution < -0.4 is 11.1 Å². The molecule has 1 fully saturated rings. The van der Waals surface area contributed by atoms with Crippen molar-refractivity contribution in [1.29, 1.82) is 0 Å². The Morgan fingerprint density at radius 3 is 2.33 bits per heavy atom. The molecule has 0 aromatic carbocycles. The number of urea groups is 1. The second-order valence-electron chi connectivity index (χ2n) is 3.23. The highest BCUT2D eigenvalue weighted by Gasteiger charge is 2.33. The summed E-state index contributed by atoms with van der Waals surface area (Å²) in [5.41, 5.74) is 4.17. The van der Waals surface area contributed by atoms with Gasteiger partial charge in [0, 0.05) is 0 Å². The molecule has 4 heteroatoms. The molecule has 1 aliphatic carbocycles. The average molecular weight is 169 g/mol. The van der Waals surface area contributed by atoms with Crippen LogP contribution in [0.15, 0.2) is 0 Å². The third-order valence-electron chi connectivity index (χ3n) is 2.26. The Hall–Kier alpha value is -1.06. The van der Waals surface area contributed by atoms with E-state index in [2.05, 4.69) is 5.32 Å². The van der Waals surface area contributed by atoms with E-state index < -0.39 is 11.6 Å². The van der Waals surface area contributed by atoms with Crippen molar-refractivity contribution in [2.75, 3.05) is 0 Å². The Labute approximate surface area is 71.5 Å².